The minimum Gasteiger partial charge on any atom is -0.493 e. The van der Waals surface area contributed by atoms with E-state index in [-0.39, 0.29) is 0 Å². The van der Waals surface area contributed by atoms with Crippen LogP contribution in [0.15, 0.2) is 18.2 Å². The average Bonchev–Trinajstić information content (AvgIpc) is 2.48. The summed E-state index contributed by atoms with van der Waals surface area (Å²) in [5, 5.41) is 8.26. The Morgan fingerprint density at radius 2 is 1.85 bits per heavy atom. The number of ether oxygens (including phenoxy) is 2. The Kier molecular flexibility index (Phi) is 4.45. The van der Waals surface area contributed by atoms with Crippen LogP contribution in [0, 0.1) is 13.8 Å². The van der Waals surface area contributed by atoms with Crippen molar-refractivity contribution in [3.05, 3.63) is 40.0 Å². The first-order chi connectivity index (χ1) is 9.56. The van der Waals surface area contributed by atoms with Gasteiger partial charge in [0.25, 0.3) is 0 Å². The van der Waals surface area contributed by atoms with E-state index in [0.717, 1.165) is 17.5 Å². The van der Waals surface area contributed by atoms with E-state index in [1.54, 1.807) is 7.11 Å². The third-order valence-electron chi connectivity index (χ3n) is 3.26. The predicted molar refractivity (Wildman–Crippen MR) is 79.0 cm³/mol. The van der Waals surface area contributed by atoms with Crippen LogP contribution in [0.1, 0.15) is 23.6 Å². The standard InChI is InChI=1S/C15H17ClN2O2/c1-5-11-6-7-12(13(8-11)19-4)20-15-10(3)9(2)14(16)17-18-15/h6-8H,5H2,1-4H3. The van der Waals surface area contributed by atoms with Gasteiger partial charge >= 0.3 is 0 Å². The summed E-state index contributed by atoms with van der Waals surface area (Å²) in [5.41, 5.74) is 2.91. The lowest BCUT2D eigenvalue weighted by Gasteiger charge is -2.13. The molecule has 1 aromatic carbocycles. The molecule has 0 aliphatic heterocycles. The van der Waals surface area contributed by atoms with E-state index in [0.29, 0.717) is 22.5 Å². The number of aromatic nitrogens is 2. The summed E-state index contributed by atoms with van der Waals surface area (Å²) in [5.74, 6) is 1.73. The Labute approximate surface area is 123 Å². The normalized spacial score (nSPS) is 10.4. The zero-order valence-electron chi connectivity index (χ0n) is 12.0. The first-order valence-corrected chi connectivity index (χ1v) is 6.78. The maximum absolute atomic E-state index is 5.93. The summed E-state index contributed by atoms with van der Waals surface area (Å²) in [4.78, 5) is 0. The van der Waals surface area contributed by atoms with E-state index in [1.807, 2.05) is 32.0 Å². The summed E-state index contributed by atoms with van der Waals surface area (Å²) < 4.78 is 11.2. The number of rotatable bonds is 4. The molecule has 1 aromatic heterocycles. The van der Waals surface area contributed by atoms with Crippen molar-refractivity contribution in [2.45, 2.75) is 27.2 Å². The molecule has 0 aliphatic carbocycles. The van der Waals surface area contributed by atoms with Crippen LogP contribution in [-0.4, -0.2) is 17.3 Å². The Morgan fingerprint density at radius 3 is 2.50 bits per heavy atom. The van der Waals surface area contributed by atoms with Crippen molar-refractivity contribution in [2.24, 2.45) is 0 Å². The van der Waals surface area contributed by atoms with Gasteiger partial charge in [-0.3, -0.25) is 0 Å². The van der Waals surface area contributed by atoms with E-state index < -0.39 is 0 Å². The van der Waals surface area contributed by atoms with Gasteiger partial charge in [0.15, 0.2) is 16.7 Å². The van der Waals surface area contributed by atoms with Crippen molar-refractivity contribution in [1.82, 2.24) is 10.2 Å². The van der Waals surface area contributed by atoms with Crippen molar-refractivity contribution in [3.63, 3.8) is 0 Å². The molecular formula is C15H17ClN2O2. The lowest BCUT2D eigenvalue weighted by Crippen LogP contribution is -1.99. The highest BCUT2D eigenvalue weighted by Crippen LogP contribution is 2.34. The minimum absolute atomic E-state index is 0.392. The van der Waals surface area contributed by atoms with Gasteiger partial charge in [0.2, 0.25) is 5.88 Å². The second-order valence-corrected chi connectivity index (χ2v) is 4.84. The zero-order valence-corrected chi connectivity index (χ0v) is 12.8. The number of methoxy groups -OCH3 is 1. The van der Waals surface area contributed by atoms with E-state index in [9.17, 15) is 0 Å². The summed E-state index contributed by atoms with van der Waals surface area (Å²) >= 11 is 5.93. The maximum Gasteiger partial charge on any atom is 0.242 e. The fourth-order valence-electron chi connectivity index (χ4n) is 1.77. The van der Waals surface area contributed by atoms with E-state index in [2.05, 4.69) is 17.1 Å². The Bertz CT molecular complexity index is 630. The molecule has 2 aromatic rings. The van der Waals surface area contributed by atoms with Crippen LogP contribution < -0.4 is 9.47 Å². The minimum atomic E-state index is 0.392. The van der Waals surface area contributed by atoms with Crippen molar-refractivity contribution in [2.75, 3.05) is 7.11 Å². The van der Waals surface area contributed by atoms with Crippen LogP contribution in [0.4, 0.5) is 0 Å². The van der Waals surface area contributed by atoms with E-state index in [4.69, 9.17) is 21.1 Å². The predicted octanol–water partition coefficient (Wildman–Crippen LogP) is 4.11. The average molecular weight is 293 g/mol. The van der Waals surface area contributed by atoms with Gasteiger partial charge in [0, 0.05) is 5.56 Å². The Morgan fingerprint density at radius 1 is 1.10 bits per heavy atom. The largest absolute Gasteiger partial charge is 0.493 e. The number of nitrogens with zero attached hydrogens (tertiary/aromatic N) is 2. The molecular weight excluding hydrogens is 276 g/mol. The molecule has 5 heteroatoms. The second-order valence-electron chi connectivity index (χ2n) is 4.49. The van der Waals surface area contributed by atoms with Crippen molar-refractivity contribution in [1.29, 1.82) is 0 Å². The summed E-state index contributed by atoms with van der Waals surface area (Å²) in [6, 6.07) is 5.84. The summed E-state index contributed by atoms with van der Waals surface area (Å²) in [6.45, 7) is 5.88. The second kappa shape index (κ2) is 6.09. The zero-order chi connectivity index (χ0) is 14.7. The van der Waals surface area contributed by atoms with Crippen LogP contribution in [0.25, 0.3) is 0 Å². The Balaban J connectivity index is 2.37. The van der Waals surface area contributed by atoms with Crippen molar-refractivity contribution >= 4 is 11.6 Å². The summed E-state index contributed by atoms with van der Waals surface area (Å²) in [7, 11) is 1.62. The van der Waals surface area contributed by atoms with Crippen LogP contribution in [0.2, 0.25) is 5.15 Å². The molecule has 0 saturated carbocycles. The highest BCUT2D eigenvalue weighted by molar-refractivity contribution is 6.30. The molecule has 0 unspecified atom stereocenters. The smallest absolute Gasteiger partial charge is 0.242 e. The molecule has 0 bridgehead atoms. The van der Waals surface area contributed by atoms with Gasteiger partial charge < -0.3 is 9.47 Å². The highest BCUT2D eigenvalue weighted by atomic mass is 35.5. The van der Waals surface area contributed by atoms with Crippen LogP contribution in [0.5, 0.6) is 17.4 Å². The van der Waals surface area contributed by atoms with E-state index in [1.165, 1.54) is 5.56 Å². The molecule has 0 aliphatic rings. The molecule has 0 N–H and O–H groups in total. The first-order valence-electron chi connectivity index (χ1n) is 6.41. The van der Waals surface area contributed by atoms with Gasteiger partial charge in [-0.15, -0.1) is 10.2 Å². The lowest BCUT2D eigenvalue weighted by molar-refractivity contribution is 0.370. The molecule has 2 rings (SSSR count). The third kappa shape index (κ3) is 2.85. The van der Waals surface area contributed by atoms with Gasteiger partial charge in [-0.1, -0.05) is 24.6 Å². The van der Waals surface area contributed by atoms with E-state index >= 15 is 0 Å². The number of halogens is 1. The lowest BCUT2D eigenvalue weighted by atomic mass is 10.1. The molecule has 0 saturated heterocycles. The van der Waals surface area contributed by atoms with Crippen LogP contribution in [-0.2, 0) is 6.42 Å². The fraction of sp³-hybridized carbons (Fsp3) is 0.333. The van der Waals surface area contributed by atoms with Crippen molar-refractivity contribution < 1.29 is 9.47 Å². The number of hydrogen-bond acceptors (Lipinski definition) is 4. The molecule has 4 nitrogen and oxygen atoms in total. The molecule has 0 atom stereocenters. The fourth-order valence-corrected chi connectivity index (χ4v) is 1.95. The first kappa shape index (κ1) is 14.6. The third-order valence-corrected chi connectivity index (χ3v) is 3.62. The molecule has 20 heavy (non-hydrogen) atoms. The topological polar surface area (TPSA) is 44.2 Å². The van der Waals surface area contributed by atoms with Gasteiger partial charge in [-0.25, -0.2) is 0 Å². The van der Waals surface area contributed by atoms with Crippen LogP contribution >= 0.6 is 11.6 Å². The quantitative estimate of drug-likeness (QED) is 0.850. The summed E-state index contributed by atoms with van der Waals surface area (Å²) in [6.07, 6.45) is 0.940. The monoisotopic (exact) mass is 292 g/mol. The molecule has 0 spiro atoms. The number of hydrogen-bond donors (Lipinski definition) is 0. The number of aryl methyl sites for hydroxylation is 1. The maximum atomic E-state index is 5.93. The molecule has 0 fully saturated rings. The van der Waals surface area contributed by atoms with Crippen molar-refractivity contribution in [3.8, 4) is 17.4 Å². The van der Waals surface area contributed by atoms with Gasteiger partial charge in [-0.05, 0) is 43.5 Å². The van der Waals surface area contributed by atoms with Gasteiger partial charge in [-0.2, -0.15) is 0 Å². The number of benzene rings is 1. The molecule has 1 heterocycles. The molecule has 0 amide bonds. The highest BCUT2D eigenvalue weighted by Gasteiger charge is 2.13. The van der Waals surface area contributed by atoms with Gasteiger partial charge in [0.1, 0.15) is 0 Å². The Hall–Kier alpha value is -1.81. The SMILES string of the molecule is CCc1ccc(Oc2nnc(Cl)c(C)c2C)c(OC)c1. The molecule has 0 radical (unpaired) electrons. The van der Waals surface area contributed by atoms with Gasteiger partial charge in [0.05, 0.1) is 7.11 Å². The molecule has 106 valence electrons. The van der Waals surface area contributed by atoms with Crippen LogP contribution in [0.3, 0.4) is 0 Å².